The first-order valence-corrected chi connectivity index (χ1v) is 10.8. The van der Waals surface area contributed by atoms with Crippen LogP contribution in [0.2, 0.25) is 0 Å². The number of benzene rings is 2. The van der Waals surface area contributed by atoms with Crippen molar-refractivity contribution >= 4 is 34.9 Å². The van der Waals surface area contributed by atoms with Gasteiger partial charge in [0.15, 0.2) is 5.82 Å². The van der Waals surface area contributed by atoms with Gasteiger partial charge in [-0.3, -0.25) is 4.57 Å². The minimum absolute atomic E-state index is 0.175. The van der Waals surface area contributed by atoms with E-state index < -0.39 is 12.2 Å². The molecule has 0 radical (unpaired) electrons. The lowest BCUT2D eigenvalue weighted by Crippen LogP contribution is -2.38. The van der Waals surface area contributed by atoms with Gasteiger partial charge in [-0.15, -0.1) is 0 Å². The number of hydrogen-bond donors (Lipinski definition) is 2. The Morgan fingerprint density at radius 2 is 1.74 bits per heavy atom. The molecule has 0 unspecified atom stereocenters. The van der Waals surface area contributed by atoms with Crippen LogP contribution in [0.5, 0.6) is 17.2 Å². The van der Waals surface area contributed by atoms with Crippen LogP contribution in [0.4, 0.5) is 20.2 Å². The summed E-state index contributed by atoms with van der Waals surface area (Å²) >= 11 is 0. The van der Waals surface area contributed by atoms with Crippen molar-refractivity contribution in [3.8, 4) is 17.2 Å². The normalized spacial score (nSPS) is 12.7. The average Bonchev–Trinajstić information content (AvgIpc) is 3.55. The lowest BCUT2D eigenvalue weighted by atomic mass is 10.2. The standard InChI is InChI=1S/C25H20N4O6/c30-23(27-17-6-7-17)28-13-11-16-14-19(8-9-21(16)28)34-20-10-12-26-22(15-20)29(24(31)32)25(33)35-18-4-2-1-3-5-18/h1-5,8-15,17H,6-7H2,(H,27,30)(H,31,32). The van der Waals surface area contributed by atoms with Crippen molar-refractivity contribution in [1.82, 2.24) is 14.9 Å². The molecule has 0 atom stereocenters. The molecule has 1 fully saturated rings. The highest BCUT2D eigenvalue weighted by Gasteiger charge is 2.27. The number of carboxylic acid groups (broad SMARTS) is 1. The number of nitrogens with one attached hydrogen (secondary N) is 1. The first-order valence-electron chi connectivity index (χ1n) is 10.8. The molecule has 2 heterocycles. The summed E-state index contributed by atoms with van der Waals surface area (Å²) in [7, 11) is 0. The fourth-order valence-electron chi connectivity index (χ4n) is 3.46. The molecular formula is C25H20N4O6. The quantitative estimate of drug-likeness (QED) is 0.408. The number of pyridine rings is 1. The minimum atomic E-state index is -1.55. The lowest BCUT2D eigenvalue weighted by Gasteiger charge is -2.16. The highest BCUT2D eigenvalue weighted by Crippen LogP contribution is 2.29. The summed E-state index contributed by atoms with van der Waals surface area (Å²) in [6.45, 7) is 0. The predicted octanol–water partition coefficient (Wildman–Crippen LogP) is 5.23. The third-order valence-corrected chi connectivity index (χ3v) is 5.29. The Labute approximate surface area is 199 Å². The van der Waals surface area contributed by atoms with E-state index in [9.17, 15) is 19.5 Å². The number of ether oxygens (including phenoxy) is 2. The van der Waals surface area contributed by atoms with Crippen LogP contribution in [0.25, 0.3) is 10.9 Å². The van der Waals surface area contributed by atoms with E-state index in [4.69, 9.17) is 9.47 Å². The van der Waals surface area contributed by atoms with Crippen LogP contribution in [0.15, 0.2) is 79.1 Å². The number of amides is 3. The maximum Gasteiger partial charge on any atom is 0.430 e. The molecule has 0 bridgehead atoms. The molecule has 5 rings (SSSR count). The van der Waals surface area contributed by atoms with Gasteiger partial charge in [-0.1, -0.05) is 18.2 Å². The Balaban J connectivity index is 1.34. The van der Waals surface area contributed by atoms with E-state index in [0.29, 0.717) is 10.6 Å². The second kappa shape index (κ2) is 9.18. The van der Waals surface area contributed by atoms with E-state index in [-0.39, 0.29) is 29.4 Å². The fourth-order valence-corrected chi connectivity index (χ4v) is 3.46. The van der Waals surface area contributed by atoms with Crippen LogP contribution in [0.1, 0.15) is 12.8 Å². The number of nitrogens with zero attached hydrogens (tertiary/aromatic N) is 3. The SMILES string of the molecule is O=C(O)N(C(=O)Oc1ccccc1)c1cc(Oc2ccc3c(ccn3C(=O)NC3CC3)c2)ccn1. The molecule has 2 N–H and O–H groups in total. The van der Waals surface area contributed by atoms with E-state index in [1.54, 1.807) is 53.2 Å². The maximum atomic E-state index is 12.5. The first-order chi connectivity index (χ1) is 17.0. The molecule has 4 aromatic rings. The number of anilines is 1. The maximum absolute atomic E-state index is 12.5. The number of aromatic nitrogens is 2. The summed E-state index contributed by atoms with van der Waals surface area (Å²) < 4.78 is 12.6. The van der Waals surface area contributed by atoms with Crippen molar-refractivity contribution in [1.29, 1.82) is 0 Å². The largest absolute Gasteiger partial charge is 0.464 e. The van der Waals surface area contributed by atoms with Gasteiger partial charge in [-0.2, -0.15) is 4.90 Å². The molecule has 10 heteroatoms. The van der Waals surface area contributed by atoms with Crippen molar-refractivity contribution in [2.45, 2.75) is 18.9 Å². The molecule has 1 saturated carbocycles. The molecular weight excluding hydrogens is 452 g/mol. The predicted molar refractivity (Wildman–Crippen MR) is 126 cm³/mol. The van der Waals surface area contributed by atoms with Crippen LogP contribution >= 0.6 is 0 Å². The molecule has 3 amide bonds. The Morgan fingerprint density at radius 1 is 0.971 bits per heavy atom. The van der Waals surface area contributed by atoms with Crippen molar-refractivity contribution < 1.29 is 29.0 Å². The summed E-state index contributed by atoms with van der Waals surface area (Å²) in [4.78, 5) is 41.1. The summed E-state index contributed by atoms with van der Waals surface area (Å²) in [5.41, 5.74) is 0.728. The number of rotatable bonds is 5. The Morgan fingerprint density at radius 3 is 2.49 bits per heavy atom. The Bertz CT molecular complexity index is 1410. The molecule has 0 spiro atoms. The topological polar surface area (TPSA) is 123 Å². The lowest BCUT2D eigenvalue weighted by molar-refractivity contribution is 0.187. The van der Waals surface area contributed by atoms with E-state index in [1.807, 2.05) is 0 Å². The van der Waals surface area contributed by atoms with Crippen LogP contribution in [0.3, 0.4) is 0 Å². The second-order valence-corrected chi connectivity index (χ2v) is 7.88. The molecule has 1 aliphatic carbocycles. The van der Waals surface area contributed by atoms with Gasteiger partial charge < -0.3 is 19.9 Å². The molecule has 2 aromatic heterocycles. The van der Waals surface area contributed by atoms with Crippen molar-refractivity contribution in [2.75, 3.05) is 4.90 Å². The van der Waals surface area contributed by atoms with Crippen LogP contribution in [-0.2, 0) is 0 Å². The summed E-state index contributed by atoms with van der Waals surface area (Å²) in [6.07, 6.45) is 2.34. The number of imide groups is 1. The van der Waals surface area contributed by atoms with E-state index >= 15 is 0 Å². The van der Waals surface area contributed by atoms with E-state index in [2.05, 4.69) is 10.3 Å². The van der Waals surface area contributed by atoms with Crippen LogP contribution in [-0.4, -0.2) is 38.9 Å². The molecule has 10 nitrogen and oxygen atoms in total. The zero-order valence-corrected chi connectivity index (χ0v) is 18.3. The monoisotopic (exact) mass is 472 g/mol. The summed E-state index contributed by atoms with van der Waals surface area (Å²) in [5, 5.41) is 13.3. The number of carbonyl (C=O) groups is 3. The Hall–Kier alpha value is -4.86. The number of para-hydroxylation sites is 1. The molecule has 35 heavy (non-hydrogen) atoms. The van der Waals surface area contributed by atoms with Gasteiger partial charge in [-0.25, -0.2) is 19.4 Å². The molecule has 0 saturated heterocycles. The fraction of sp³-hybridized carbons (Fsp3) is 0.120. The van der Waals surface area contributed by atoms with Gasteiger partial charge >= 0.3 is 18.2 Å². The van der Waals surface area contributed by atoms with Gasteiger partial charge in [0, 0.05) is 29.9 Å². The van der Waals surface area contributed by atoms with Gasteiger partial charge in [0.25, 0.3) is 0 Å². The third kappa shape index (κ3) is 4.91. The number of fused-ring (bicyclic) bond motifs is 1. The molecule has 0 aliphatic heterocycles. The van der Waals surface area contributed by atoms with Gasteiger partial charge in [-0.05, 0) is 55.3 Å². The summed E-state index contributed by atoms with van der Waals surface area (Å²) in [6, 6.07) is 18.1. The average molecular weight is 472 g/mol. The van der Waals surface area contributed by atoms with Crippen LogP contribution < -0.4 is 19.7 Å². The van der Waals surface area contributed by atoms with Crippen molar-refractivity contribution in [3.05, 3.63) is 79.1 Å². The zero-order valence-electron chi connectivity index (χ0n) is 18.3. The highest BCUT2D eigenvalue weighted by molar-refractivity contribution is 6.08. The van der Waals surface area contributed by atoms with Gasteiger partial charge in [0.1, 0.15) is 17.2 Å². The zero-order chi connectivity index (χ0) is 24.4. The molecule has 2 aromatic carbocycles. The molecule has 176 valence electrons. The van der Waals surface area contributed by atoms with Gasteiger partial charge in [0.2, 0.25) is 0 Å². The second-order valence-electron chi connectivity index (χ2n) is 7.88. The van der Waals surface area contributed by atoms with E-state index in [1.165, 1.54) is 30.5 Å². The first kappa shape index (κ1) is 22.0. The summed E-state index contributed by atoms with van der Waals surface area (Å²) in [5.74, 6) is 0.741. The van der Waals surface area contributed by atoms with Crippen LogP contribution in [0, 0.1) is 0 Å². The number of hydrogen-bond acceptors (Lipinski definition) is 6. The van der Waals surface area contributed by atoms with E-state index in [0.717, 1.165) is 23.7 Å². The van der Waals surface area contributed by atoms with Crippen molar-refractivity contribution in [2.24, 2.45) is 0 Å². The minimum Gasteiger partial charge on any atom is -0.464 e. The third-order valence-electron chi connectivity index (χ3n) is 5.29. The van der Waals surface area contributed by atoms with Gasteiger partial charge in [0.05, 0.1) is 5.52 Å². The Kier molecular flexibility index (Phi) is 5.76. The van der Waals surface area contributed by atoms with Crippen molar-refractivity contribution in [3.63, 3.8) is 0 Å². The molecule has 1 aliphatic rings. The number of carbonyl (C=O) groups excluding carboxylic acids is 2. The smallest absolute Gasteiger partial charge is 0.430 e. The highest BCUT2D eigenvalue weighted by atomic mass is 16.6.